The highest BCUT2D eigenvalue weighted by Crippen LogP contribution is 2.27. The molecule has 0 aliphatic carbocycles. The Hall–Kier alpha value is -1.45. The Kier molecular flexibility index (Phi) is 4.51. The molecule has 0 fully saturated rings. The lowest BCUT2D eigenvalue weighted by Crippen LogP contribution is -2.23. The maximum absolute atomic E-state index is 13.9. The molecular weight excluding hydrogens is 268 g/mol. The molecule has 0 saturated carbocycles. The minimum atomic E-state index is -0.343. The third kappa shape index (κ3) is 3.31. The van der Waals surface area contributed by atoms with Crippen molar-refractivity contribution >= 4 is 11.6 Å². The van der Waals surface area contributed by atoms with Crippen LogP contribution in [0.2, 0.25) is 5.02 Å². The summed E-state index contributed by atoms with van der Waals surface area (Å²) in [6, 6.07) is 10.1. The van der Waals surface area contributed by atoms with Gasteiger partial charge in [-0.15, -0.1) is 0 Å². The average molecular weight is 282 g/mol. The number of hydrogen-bond acceptors (Lipinski definition) is 1. The summed E-state index contributed by atoms with van der Waals surface area (Å²) in [5.74, 6) is -0.648. The van der Waals surface area contributed by atoms with Gasteiger partial charge < -0.3 is 5.32 Å². The Morgan fingerprint density at radius 2 is 1.79 bits per heavy atom. The highest BCUT2D eigenvalue weighted by Gasteiger charge is 2.17. The first-order chi connectivity index (χ1) is 9.11. The summed E-state index contributed by atoms with van der Waals surface area (Å²) in [7, 11) is 0. The van der Waals surface area contributed by atoms with Crippen LogP contribution in [0.15, 0.2) is 42.5 Å². The molecule has 100 valence electrons. The van der Waals surface area contributed by atoms with Crippen molar-refractivity contribution in [2.75, 3.05) is 6.54 Å². The number of nitrogens with one attached hydrogen (secondary N) is 1. The fourth-order valence-corrected chi connectivity index (χ4v) is 2.18. The van der Waals surface area contributed by atoms with Gasteiger partial charge in [0.1, 0.15) is 11.6 Å². The fourth-order valence-electron chi connectivity index (χ4n) is 2.00. The van der Waals surface area contributed by atoms with Crippen LogP contribution >= 0.6 is 11.6 Å². The van der Waals surface area contributed by atoms with Gasteiger partial charge in [0, 0.05) is 10.6 Å². The summed E-state index contributed by atoms with van der Waals surface area (Å²) in [6.45, 7) is 2.59. The lowest BCUT2D eigenvalue weighted by Gasteiger charge is -2.19. The van der Waals surface area contributed by atoms with Gasteiger partial charge in [-0.05, 0) is 42.4 Å². The van der Waals surface area contributed by atoms with E-state index in [2.05, 4.69) is 5.32 Å². The molecule has 0 amide bonds. The van der Waals surface area contributed by atoms with E-state index in [1.165, 1.54) is 24.3 Å². The molecule has 1 atom stereocenters. The maximum atomic E-state index is 13.9. The molecule has 2 aromatic rings. The van der Waals surface area contributed by atoms with E-state index in [0.717, 1.165) is 5.56 Å². The van der Waals surface area contributed by atoms with Crippen LogP contribution in [0.4, 0.5) is 8.78 Å². The molecule has 0 heterocycles. The molecule has 2 aromatic carbocycles. The normalized spacial score (nSPS) is 12.4. The van der Waals surface area contributed by atoms with Gasteiger partial charge in [-0.3, -0.25) is 0 Å². The van der Waals surface area contributed by atoms with Crippen molar-refractivity contribution in [3.63, 3.8) is 0 Å². The molecule has 1 unspecified atom stereocenters. The van der Waals surface area contributed by atoms with Crippen molar-refractivity contribution in [1.82, 2.24) is 5.32 Å². The second kappa shape index (κ2) is 6.13. The molecule has 19 heavy (non-hydrogen) atoms. The first kappa shape index (κ1) is 14.0. The van der Waals surface area contributed by atoms with Crippen LogP contribution in [0.5, 0.6) is 0 Å². The molecule has 0 bridgehead atoms. The molecule has 4 heteroatoms. The summed E-state index contributed by atoms with van der Waals surface area (Å²) < 4.78 is 26.9. The number of rotatable bonds is 4. The van der Waals surface area contributed by atoms with Gasteiger partial charge in [-0.25, -0.2) is 8.78 Å². The topological polar surface area (TPSA) is 12.0 Å². The van der Waals surface area contributed by atoms with Crippen LogP contribution in [0.1, 0.15) is 24.1 Å². The molecule has 0 aromatic heterocycles. The summed E-state index contributed by atoms with van der Waals surface area (Å²) in [4.78, 5) is 0. The zero-order valence-electron chi connectivity index (χ0n) is 10.5. The Labute approximate surface area is 116 Å². The van der Waals surface area contributed by atoms with Gasteiger partial charge in [0.25, 0.3) is 0 Å². The monoisotopic (exact) mass is 281 g/mol. The molecule has 0 aliphatic heterocycles. The van der Waals surface area contributed by atoms with Gasteiger partial charge in [0.05, 0.1) is 6.04 Å². The average Bonchev–Trinajstić information content (AvgIpc) is 2.40. The van der Waals surface area contributed by atoms with Crippen LogP contribution in [0.3, 0.4) is 0 Å². The fraction of sp³-hybridized carbons (Fsp3) is 0.200. The van der Waals surface area contributed by atoms with Crippen LogP contribution in [0.25, 0.3) is 0 Å². The predicted octanol–water partition coefficient (Wildman–Crippen LogP) is 4.32. The molecule has 0 saturated heterocycles. The molecule has 2 rings (SSSR count). The van der Waals surface area contributed by atoms with Crippen molar-refractivity contribution in [2.45, 2.75) is 13.0 Å². The van der Waals surface area contributed by atoms with Crippen LogP contribution in [-0.4, -0.2) is 6.54 Å². The van der Waals surface area contributed by atoms with Crippen molar-refractivity contribution < 1.29 is 8.78 Å². The standard InChI is InChI=1S/C15H14ClF2N/c1-2-19-15(10-3-6-12(17)7-4-10)13-9-11(16)5-8-14(13)18/h3-9,15,19H,2H2,1H3. The SMILES string of the molecule is CCNC(c1ccc(F)cc1)c1cc(Cl)ccc1F. The van der Waals surface area contributed by atoms with Gasteiger partial charge in [-0.1, -0.05) is 30.7 Å². The second-order valence-corrected chi connectivity index (χ2v) is 4.64. The molecule has 1 N–H and O–H groups in total. The smallest absolute Gasteiger partial charge is 0.128 e. The first-order valence-electron chi connectivity index (χ1n) is 6.05. The lowest BCUT2D eigenvalue weighted by atomic mass is 9.98. The molecule has 1 nitrogen and oxygen atoms in total. The quantitative estimate of drug-likeness (QED) is 0.880. The third-order valence-corrected chi connectivity index (χ3v) is 3.12. The van der Waals surface area contributed by atoms with E-state index in [9.17, 15) is 8.78 Å². The largest absolute Gasteiger partial charge is 0.306 e. The van der Waals surface area contributed by atoms with E-state index >= 15 is 0 Å². The van der Waals surface area contributed by atoms with Gasteiger partial charge in [0.2, 0.25) is 0 Å². The third-order valence-electron chi connectivity index (χ3n) is 2.88. The van der Waals surface area contributed by atoms with E-state index in [1.54, 1.807) is 18.2 Å². The molecule has 0 radical (unpaired) electrons. The highest BCUT2D eigenvalue weighted by molar-refractivity contribution is 6.30. The zero-order chi connectivity index (χ0) is 13.8. The van der Waals surface area contributed by atoms with Gasteiger partial charge in [0.15, 0.2) is 0 Å². The second-order valence-electron chi connectivity index (χ2n) is 4.21. The van der Waals surface area contributed by atoms with Gasteiger partial charge >= 0.3 is 0 Å². The highest BCUT2D eigenvalue weighted by atomic mass is 35.5. The Morgan fingerprint density at radius 3 is 2.42 bits per heavy atom. The summed E-state index contributed by atoms with van der Waals surface area (Å²) in [5.41, 5.74) is 1.25. The minimum Gasteiger partial charge on any atom is -0.306 e. The van der Waals surface area contributed by atoms with E-state index in [4.69, 9.17) is 11.6 Å². The zero-order valence-corrected chi connectivity index (χ0v) is 11.2. The Balaban J connectivity index is 2.44. The van der Waals surface area contributed by atoms with Crippen molar-refractivity contribution in [2.24, 2.45) is 0 Å². The number of halogens is 3. The van der Waals surface area contributed by atoms with E-state index in [-0.39, 0.29) is 17.7 Å². The van der Waals surface area contributed by atoms with Crippen LogP contribution in [0, 0.1) is 11.6 Å². The van der Waals surface area contributed by atoms with Crippen LogP contribution < -0.4 is 5.32 Å². The number of benzene rings is 2. The molecular formula is C15H14ClF2N. The molecule has 0 aliphatic rings. The summed E-state index contributed by atoms with van der Waals surface area (Å²) in [5, 5.41) is 3.66. The Morgan fingerprint density at radius 1 is 1.11 bits per heavy atom. The number of hydrogen-bond donors (Lipinski definition) is 1. The lowest BCUT2D eigenvalue weighted by molar-refractivity contribution is 0.557. The first-order valence-corrected chi connectivity index (χ1v) is 6.43. The Bertz CT molecular complexity index is 555. The summed E-state index contributed by atoms with van der Waals surface area (Å²) in [6.07, 6.45) is 0. The van der Waals surface area contributed by atoms with E-state index in [1.807, 2.05) is 6.92 Å². The van der Waals surface area contributed by atoms with E-state index in [0.29, 0.717) is 17.1 Å². The maximum Gasteiger partial charge on any atom is 0.128 e. The van der Waals surface area contributed by atoms with Crippen molar-refractivity contribution in [3.05, 3.63) is 70.2 Å². The predicted molar refractivity (Wildman–Crippen MR) is 73.3 cm³/mol. The molecule has 0 spiro atoms. The van der Waals surface area contributed by atoms with Gasteiger partial charge in [-0.2, -0.15) is 0 Å². The van der Waals surface area contributed by atoms with E-state index < -0.39 is 0 Å². The van der Waals surface area contributed by atoms with Crippen LogP contribution in [-0.2, 0) is 0 Å². The van der Waals surface area contributed by atoms with Crippen molar-refractivity contribution in [3.8, 4) is 0 Å². The summed E-state index contributed by atoms with van der Waals surface area (Å²) >= 11 is 5.92. The minimum absolute atomic E-state index is 0.314. The van der Waals surface area contributed by atoms with Crippen molar-refractivity contribution in [1.29, 1.82) is 0 Å².